The SMILES string of the molecule is Cc1ccc(C(C)NCC(C(C)C)C(C)C)c(O)c1. The lowest BCUT2D eigenvalue weighted by molar-refractivity contribution is 0.267. The molecule has 0 aliphatic carbocycles. The molecule has 0 saturated heterocycles. The zero-order valence-electron chi connectivity index (χ0n) is 13.2. The number of rotatable bonds is 6. The maximum absolute atomic E-state index is 10.0. The van der Waals surface area contributed by atoms with Gasteiger partial charge in [-0.1, -0.05) is 39.8 Å². The van der Waals surface area contributed by atoms with E-state index in [0.717, 1.165) is 17.7 Å². The summed E-state index contributed by atoms with van der Waals surface area (Å²) in [5, 5.41) is 13.6. The number of hydrogen-bond acceptors (Lipinski definition) is 2. The minimum absolute atomic E-state index is 0.181. The van der Waals surface area contributed by atoms with Gasteiger partial charge in [0, 0.05) is 11.6 Å². The largest absolute Gasteiger partial charge is 0.508 e. The molecule has 1 unspecified atom stereocenters. The first-order valence-corrected chi connectivity index (χ1v) is 7.35. The van der Waals surface area contributed by atoms with Crippen molar-refractivity contribution >= 4 is 0 Å². The molecule has 0 bridgehead atoms. The van der Waals surface area contributed by atoms with E-state index < -0.39 is 0 Å². The van der Waals surface area contributed by atoms with E-state index in [-0.39, 0.29) is 6.04 Å². The molecule has 0 aromatic heterocycles. The van der Waals surface area contributed by atoms with Crippen molar-refractivity contribution in [1.82, 2.24) is 5.32 Å². The second kappa shape index (κ2) is 6.95. The average Bonchev–Trinajstić information content (AvgIpc) is 2.27. The lowest BCUT2D eigenvalue weighted by atomic mass is 9.85. The normalized spacial score (nSPS) is 13.5. The van der Waals surface area contributed by atoms with E-state index in [2.05, 4.69) is 46.0 Å². The van der Waals surface area contributed by atoms with Crippen LogP contribution in [0, 0.1) is 24.7 Å². The van der Waals surface area contributed by atoms with Crippen molar-refractivity contribution in [2.45, 2.75) is 47.6 Å². The first kappa shape index (κ1) is 16.0. The van der Waals surface area contributed by atoms with Gasteiger partial charge < -0.3 is 10.4 Å². The van der Waals surface area contributed by atoms with Gasteiger partial charge in [-0.25, -0.2) is 0 Å². The highest BCUT2D eigenvalue weighted by Crippen LogP contribution is 2.26. The molecule has 0 aliphatic rings. The third kappa shape index (κ3) is 4.54. The van der Waals surface area contributed by atoms with Crippen LogP contribution in [0.4, 0.5) is 0 Å². The molecule has 0 spiro atoms. The quantitative estimate of drug-likeness (QED) is 0.803. The Balaban J connectivity index is 2.66. The Labute approximate surface area is 118 Å². The standard InChI is InChI=1S/C17H29NO/c1-11(2)16(12(3)4)10-18-14(6)15-8-7-13(5)9-17(15)19/h7-9,11-12,14,16,18-19H,10H2,1-6H3. The lowest BCUT2D eigenvalue weighted by Crippen LogP contribution is -2.31. The fourth-order valence-corrected chi connectivity index (χ4v) is 2.68. The fraction of sp³-hybridized carbons (Fsp3) is 0.647. The molecule has 1 atom stereocenters. The van der Waals surface area contributed by atoms with Crippen molar-refractivity contribution in [2.24, 2.45) is 17.8 Å². The molecule has 2 heteroatoms. The Hall–Kier alpha value is -1.02. The molecule has 2 nitrogen and oxygen atoms in total. The highest BCUT2D eigenvalue weighted by molar-refractivity contribution is 5.37. The summed E-state index contributed by atoms with van der Waals surface area (Å²) in [4.78, 5) is 0. The molecule has 0 saturated carbocycles. The van der Waals surface area contributed by atoms with Gasteiger partial charge in [0.05, 0.1) is 0 Å². The maximum Gasteiger partial charge on any atom is 0.120 e. The third-order valence-electron chi connectivity index (χ3n) is 4.02. The van der Waals surface area contributed by atoms with Crippen molar-refractivity contribution in [3.8, 4) is 5.75 Å². The predicted octanol–water partition coefficient (Wildman–Crippen LogP) is 4.28. The molecule has 1 rings (SSSR count). The summed E-state index contributed by atoms with van der Waals surface area (Å²) >= 11 is 0. The van der Waals surface area contributed by atoms with Crippen molar-refractivity contribution in [3.63, 3.8) is 0 Å². The molecule has 108 valence electrons. The number of phenolic OH excluding ortho intramolecular Hbond substituents is 1. The minimum Gasteiger partial charge on any atom is -0.508 e. The van der Waals surface area contributed by atoms with Crippen LogP contribution in [0.25, 0.3) is 0 Å². The van der Waals surface area contributed by atoms with Gasteiger partial charge in [-0.15, -0.1) is 0 Å². The molecule has 0 fully saturated rings. The van der Waals surface area contributed by atoms with E-state index in [1.54, 1.807) is 0 Å². The minimum atomic E-state index is 0.181. The van der Waals surface area contributed by atoms with Crippen LogP contribution in [0.5, 0.6) is 5.75 Å². The summed E-state index contributed by atoms with van der Waals surface area (Å²) in [6.07, 6.45) is 0. The summed E-state index contributed by atoms with van der Waals surface area (Å²) < 4.78 is 0. The third-order valence-corrected chi connectivity index (χ3v) is 4.02. The smallest absolute Gasteiger partial charge is 0.120 e. The average molecular weight is 263 g/mol. The van der Waals surface area contributed by atoms with Gasteiger partial charge in [0.2, 0.25) is 0 Å². The van der Waals surface area contributed by atoms with E-state index in [9.17, 15) is 5.11 Å². The zero-order valence-corrected chi connectivity index (χ0v) is 13.2. The second-order valence-electron chi connectivity index (χ2n) is 6.34. The maximum atomic E-state index is 10.0. The monoisotopic (exact) mass is 263 g/mol. The molecule has 0 aliphatic heterocycles. The number of phenols is 1. The van der Waals surface area contributed by atoms with Gasteiger partial charge in [0.25, 0.3) is 0 Å². The second-order valence-corrected chi connectivity index (χ2v) is 6.34. The topological polar surface area (TPSA) is 32.3 Å². The van der Waals surface area contributed by atoms with E-state index >= 15 is 0 Å². The predicted molar refractivity (Wildman–Crippen MR) is 82.4 cm³/mol. The number of benzene rings is 1. The van der Waals surface area contributed by atoms with E-state index in [1.165, 1.54) is 0 Å². The first-order chi connectivity index (χ1) is 8.82. The summed E-state index contributed by atoms with van der Waals surface area (Å²) in [5.74, 6) is 2.40. The van der Waals surface area contributed by atoms with Crippen LogP contribution in [0.1, 0.15) is 51.8 Å². The number of hydrogen-bond donors (Lipinski definition) is 2. The zero-order chi connectivity index (χ0) is 14.6. The van der Waals surface area contributed by atoms with E-state index in [4.69, 9.17) is 0 Å². The molecule has 1 aromatic rings. The Morgan fingerprint density at radius 2 is 1.63 bits per heavy atom. The van der Waals surface area contributed by atoms with Gasteiger partial charge in [-0.2, -0.15) is 0 Å². The molecule has 19 heavy (non-hydrogen) atoms. The molecule has 0 amide bonds. The van der Waals surface area contributed by atoms with Crippen molar-refractivity contribution < 1.29 is 5.11 Å². The Bertz CT molecular complexity index is 390. The first-order valence-electron chi connectivity index (χ1n) is 7.35. The Morgan fingerprint density at radius 1 is 1.05 bits per heavy atom. The van der Waals surface area contributed by atoms with Crippen LogP contribution in [-0.2, 0) is 0 Å². The Morgan fingerprint density at radius 3 is 2.11 bits per heavy atom. The van der Waals surface area contributed by atoms with Crippen LogP contribution in [-0.4, -0.2) is 11.7 Å². The summed E-state index contributed by atoms with van der Waals surface area (Å²) in [5.41, 5.74) is 2.08. The van der Waals surface area contributed by atoms with Crippen LogP contribution >= 0.6 is 0 Å². The summed E-state index contributed by atoms with van der Waals surface area (Å²) in [7, 11) is 0. The number of nitrogens with one attached hydrogen (secondary N) is 1. The van der Waals surface area contributed by atoms with Gasteiger partial charge >= 0.3 is 0 Å². The number of aryl methyl sites for hydroxylation is 1. The van der Waals surface area contributed by atoms with Crippen LogP contribution in [0.15, 0.2) is 18.2 Å². The molecule has 0 heterocycles. The highest BCUT2D eigenvalue weighted by atomic mass is 16.3. The molecular formula is C17H29NO. The molecular weight excluding hydrogens is 234 g/mol. The van der Waals surface area contributed by atoms with E-state index in [1.807, 2.05) is 19.1 Å². The highest BCUT2D eigenvalue weighted by Gasteiger charge is 2.19. The Kier molecular flexibility index (Phi) is 5.86. The lowest BCUT2D eigenvalue weighted by Gasteiger charge is -2.27. The van der Waals surface area contributed by atoms with Gasteiger partial charge in [-0.3, -0.25) is 0 Å². The molecule has 1 aromatic carbocycles. The molecule has 2 N–H and O–H groups in total. The number of aromatic hydroxyl groups is 1. The summed E-state index contributed by atoms with van der Waals surface area (Å²) in [6, 6.07) is 6.08. The van der Waals surface area contributed by atoms with Gasteiger partial charge in [0.1, 0.15) is 5.75 Å². The van der Waals surface area contributed by atoms with Crippen molar-refractivity contribution in [1.29, 1.82) is 0 Å². The fourth-order valence-electron chi connectivity index (χ4n) is 2.68. The molecule has 0 radical (unpaired) electrons. The van der Waals surface area contributed by atoms with Crippen LogP contribution in [0.2, 0.25) is 0 Å². The van der Waals surface area contributed by atoms with Gasteiger partial charge in [-0.05, 0) is 49.8 Å². The van der Waals surface area contributed by atoms with Crippen LogP contribution in [0.3, 0.4) is 0 Å². The van der Waals surface area contributed by atoms with E-state index in [0.29, 0.717) is 23.5 Å². The van der Waals surface area contributed by atoms with Gasteiger partial charge in [0.15, 0.2) is 0 Å². The van der Waals surface area contributed by atoms with Crippen LogP contribution < -0.4 is 5.32 Å². The van der Waals surface area contributed by atoms with Crippen molar-refractivity contribution in [3.05, 3.63) is 29.3 Å². The van der Waals surface area contributed by atoms with Crippen molar-refractivity contribution in [2.75, 3.05) is 6.54 Å². The summed E-state index contributed by atoms with van der Waals surface area (Å²) in [6.45, 7) is 14.2.